The summed E-state index contributed by atoms with van der Waals surface area (Å²) in [5.41, 5.74) is 2.99. The smallest absolute Gasteiger partial charge is 0.253 e. The number of benzene rings is 1. The van der Waals surface area contributed by atoms with Crippen molar-refractivity contribution in [1.29, 1.82) is 0 Å². The second kappa shape index (κ2) is 4.97. The Bertz CT molecular complexity index is 543. The molecule has 0 amide bonds. The third-order valence-corrected chi connectivity index (χ3v) is 2.86. The molecule has 2 rings (SSSR count). The topological polar surface area (TPSA) is 44.9 Å². The molecule has 0 radical (unpaired) electrons. The maximum atomic E-state index is 11.8. The average Bonchev–Trinajstić information content (AvgIpc) is 2.35. The summed E-state index contributed by atoms with van der Waals surface area (Å²) in [6.07, 6.45) is 1.65. The summed E-state index contributed by atoms with van der Waals surface area (Å²) in [5, 5.41) is 3.17. The van der Waals surface area contributed by atoms with Crippen molar-refractivity contribution in [1.82, 2.24) is 10.3 Å². The SMILES string of the molecule is CN[C@H](c1ccc(C)cc1)c1ccc[nH]c1=O. The zero-order chi connectivity index (χ0) is 12.3. The summed E-state index contributed by atoms with van der Waals surface area (Å²) < 4.78 is 0. The molecule has 0 bridgehead atoms. The van der Waals surface area contributed by atoms with Gasteiger partial charge in [0.25, 0.3) is 5.56 Å². The van der Waals surface area contributed by atoms with Crippen LogP contribution in [0.1, 0.15) is 22.7 Å². The van der Waals surface area contributed by atoms with Gasteiger partial charge < -0.3 is 10.3 Å². The number of aromatic nitrogens is 1. The van der Waals surface area contributed by atoms with E-state index in [1.54, 1.807) is 6.20 Å². The first-order valence-electron chi connectivity index (χ1n) is 5.64. The van der Waals surface area contributed by atoms with E-state index >= 15 is 0 Å². The van der Waals surface area contributed by atoms with Crippen molar-refractivity contribution in [2.45, 2.75) is 13.0 Å². The van der Waals surface area contributed by atoms with Crippen LogP contribution in [0.25, 0.3) is 0 Å². The van der Waals surface area contributed by atoms with E-state index in [1.807, 2.05) is 38.2 Å². The second-order valence-electron chi connectivity index (χ2n) is 4.09. The molecule has 2 N–H and O–H groups in total. The molecule has 3 heteroatoms. The predicted molar refractivity (Wildman–Crippen MR) is 69.1 cm³/mol. The number of hydrogen-bond acceptors (Lipinski definition) is 2. The highest BCUT2D eigenvalue weighted by Crippen LogP contribution is 2.18. The van der Waals surface area contributed by atoms with E-state index in [1.165, 1.54) is 5.56 Å². The minimum Gasteiger partial charge on any atom is -0.329 e. The van der Waals surface area contributed by atoms with E-state index < -0.39 is 0 Å². The lowest BCUT2D eigenvalue weighted by atomic mass is 9.99. The molecule has 1 heterocycles. The molecule has 0 unspecified atom stereocenters. The maximum absolute atomic E-state index is 11.8. The van der Waals surface area contributed by atoms with Crippen molar-refractivity contribution >= 4 is 0 Å². The van der Waals surface area contributed by atoms with Gasteiger partial charge >= 0.3 is 0 Å². The molecule has 17 heavy (non-hydrogen) atoms. The first kappa shape index (κ1) is 11.6. The number of aryl methyl sites for hydroxylation is 1. The van der Waals surface area contributed by atoms with Crippen LogP contribution in [0.3, 0.4) is 0 Å². The number of H-pyrrole nitrogens is 1. The van der Waals surface area contributed by atoms with Crippen LogP contribution in [0, 0.1) is 6.92 Å². The monoisotopic (exact) mass is 228 g/mol. The van der Waals surface area contributed by atoms with Gasteiger partial charge in [-0.05, 0) is 25.6 Å². The highest BCUT2D eigenvalue weighted by Gasteiger charge is 2.14. The fraction of sp³-hybridized carbons (Fsp3) is 0.214. The minimum absolute atomic E-state index is 0.0487. The second-order valence-corrected chi connectivity index (χ2v) is 4.09. The van der Waals surface area contributed by atoms with Gasteiger partial charge in [0.1, 0.15) is 0 Å². The summed E-state index contributed by atoms with van der Waals surface area (Å²) in [4.78, 5) is 14.5. The Morgan fingerprint density at radius 1 is 1.18 bits per heavy atom. The standard InChI is InChI=1S/C14H16N2O/c1-10-5-7-11(8-6-10)13(15-2)12-4-3-9-16-14(12)17/h3-9,13,15H,1-2H3,(H,16,17)/t13-/m1/s1. The van der Waals surface area contributed by atoms with Crippen LogP contribution in [0.5, 0.6) is 0 Å². The molecule has 1 aromatic heterocycles. The molecule has 0 aliphatic carbocycles. The summed E-state index contributed by atoms with van der Waals surface area (Å²) in [5.74, 6) is 0. The molecule has 88 valence electrons. The van der Waals surface area contributed by atoms with Crippen molar-refractivity contribution in [3.63, 3.8) is 0 Å². The Morgan fingerprint density at radius 2 is 1.88 bits per heavy atom. The lowest BCUT2D eigenvalue weighted by Crippen LogP contribution is -2.25. The first-order valence-corrected chi connectivity index (χ1v) is 5.64. The maximum Gasteiger partial charge on any atom is 0.253 e. The summed E-state index contributed by atoms with van der Waals surface area (Å²) in [7, 11) is 1.86. The van der Waals surface area contributed by atoms with Crippen molar-refractivity contribution in [2.24, 2.45) is 0 Å². The van der Waals surface area contributed by atoms with Crippen molar-refractivity contribution in [3.05, 3.63) is 69.6 Å². The van der Waals surface area contributed by atoms with Gasteiger partial charge in [-0.3, -0.25) is 4.79 Å². The van der Waals surface area contributed by atoms with Crippen LogP contribution in [0.4, 0.5) is 0 Å². The van der Waals surface area contributed by atoms with Crippen molar-refractivity contribution in [3.8, 4) is 0 Å². The van der Waals surface area contributed by atoms with Gasteiger partial charge in [0.2, 0.25) is 0 Å². The lowest BCUT2D eigenvalue weighted by Gasteiger charge is -2.16. The van der Waals surface area contributed by atoms with Gasteiger partial charge in [-0.15, -0.1) is 0 Å². The first-order chi connectivity index (χ1) is 8.22. The van der Waals surface area contributed by atoms with Crippen LogP contribution in [0.2, 0.25) is 0 Å². The summed E-state index contributed by atoms with van der Waals surface area (Å²) in [6.45, 7) is 2.05. The van der Waals surface area contributed by atoms with Crippen LogP contribution in [-0.4, -0.2) is 12.0 Å². The molecular weight excluding hydrogens is 212 g/mol. The summed E-state index contributed by atoms with van der Waals surface area (Å²) >= 11 is 0. The molecule has 0 aliphatic rings. The predicted octanol–water partition coefficient (Wildman–Crippen LogP) is 1.99. The molecular formula is C14H16N2O. The Balaban J connectivity index is 2.44. The Labute approximate surface area is 101 Å². The number of aromatic amines is 1. The molecule has 1 aromatic carbocycles. The Morgan fingerprint density at radius 3 is 2.47 bits per heavy atom. The fourth-order valence-electron chi connectivity index (χ4n) is 1.92. The van der Waals surface area contributed by atoms with Crippen LogP contribution in [0.15, 0.2) is 47.4 Å². The normalized spacial score (nSPS) is 12.4. The van der Waals surface area contributed by atoms with E-state index in [0.717, 1.165) is 11.1 Å². The van der Waals surface area contributed by atoms with Gasteiger partial charge in [-0.1, -0.05) is 35.9 Å². The molecule has 2 aromatic rings. The zero-order valence-electron chi connectivity index (χ0n) is 10.0. The Hall–Kier alpha value is -1.87. The van der Waals surface area contributed by atoms with E-state index in [4.69, 9.17) is 0 Å². The van der Waals surface area contributed by atoms with Gasteiger partial charge in [0.15, 0.2) is 0 Å². The number of pyridine rings is 1. The summed E-state index contributed by atoms with van der Waals surface area (Å²) in [6, 6.07) is 11.8. The van der Waals surface area contributed by atoms with Crippen molar-refractivity contribution < 1.29 is 0 Å². The molecule has 3 nitrogen and oxygen atoms in total. The largest absolute Gasteiger partial charge is 0.329 e. The zero-order valence-corrected chi connectivity index (χ0v) is 10.0. The number of nitrogens with one attached hydrogen (secondary N) is 2. The highest BCUT2D eigenvalue weighted by molar-refractivity contribution is 5.31. The lowest BCUT2D eigenvalue weighted by molar-refractivity contribution is 0.682. The molecule has 1 atom stereocenters. The number of hydrogen-bond donors (Lipinski definition) is 2. The van der Waals surface area contributed by atoms with Gasteiger partial charge in [-0.25, -0.2) is 0 Å². The third kappa shape index (κ3) is 2.45. The third-order valence-electron chi connectivity index (χ3n) is 2.86. The van der Waals surface area contributed by atoms with Gasteiger partial charge in [-0.2, -0.15) is 0 Å². The Kier molecular flexibility index (Phi) is 3.40. The van der Waals surface area contributed by atoms with Crippen LogP contribution in [-0.2, 0) is 0 Å². The van der Waals surface area contributed by atoms with Gasteiger partial charge in [0.05, 0.1) is 6.04 Å². The highest BCUT2D eigenvalue weighted by atomic mass is 16.1. The van der Waals surface area contributed by atoms with E-state index in [2.05, 4.69) is 22.4 Å². The molecule has 0 saturated carbocycles. The molecule has 0 aliphatic heterocycles. The molecule has 0 spiro atoms. The van der Waals surface area contributed by atoms with E-state index in [0.29, 0.717) is 0 Å². The average molecular weight is 228 g/mol. The molecule has 0 fully saturated rings. The van der Waals surface area contributed by atoms with E-state index in [9.17, 15) is 4.79 Å². The van der Waals surface area contributed by atoms with Crippen LogP contribution < -0.4 is 10.9 Å². The van der Waals surface area contributed by atoms with Gasteiger partial charge in [0, 0.05) is 11.8 Å². The van der Waals surface area contributed by atoms with E-state index in [-0.39, 0.29) is 11.6 Å². The quantitative estimate of drug-likeness (QED) is 0.844. The van der Waals surface area contributed by atoms with Crippen molar-refractivity contribution in [2.75, 3.05) is 7.05 Å². The number of rotatable bonds is 3. The fourth-order valence-corrected chi connectivity index (χ4v) is 1.92. The van der Waals surface area contributed by atoms with Crippen LogP contribution >= 0.6 is 0 Å². The minimum atomic E-state index is -0.0689. The molecule has 0 saturated heterocycles.